The first-order valence-electron chi connectivity index (χ1n) is 9.85. The van der Waals surface area contributed by atoms with Gasteiger partial charge in [-0.2, -0.15) is 0 Å². The fraction of sp³-hybridized carbons (Fsp3) is 0.304. The van der Waals surface area contributed by atoms with Crippen LogP contribution in [0.15, 0.2) is 57.8 Å². The summed E-state index contributed by atoms with van der Waals surface area (Å²) in [6.45, 7) is 4.27. The lowest BCUT2D eigenvalue weighted by Crippen LogP contribution is -2.50. The summed E-state index contributed by atoms with van der Waals surface area (Å²) < 4.78 is 11.2. The molecule has 0 atom stereocenters. The Hall–Kier alpha value is -2.77. The molecule has 6 nitrogen and oxygen atoms in total. The van der Waals surface area contributed by atoms with Gasteiger partial charge in [-0.3, -0.25) is 9.69 Å². The molecule has 1 aromatic heterocycles. The van der Waals surface area contributed by atoms with Gasteiger partial charge in [0.1, 0.15) is 11.5 Å². The van der Waals surface area contributed by atoms with Crippen molar-refractivity contribution in [2.45, 2.75) is 18.4 Å². The third-order valence-electron chi connectivity index (χ3n) is 5.27. The number of carbonyl (C=O) groups is 1. The molecule has 1 fully saturated rings. The van der Waals surface area contributed by atoms with Crippen LogP contribution in [0.1, 0.15) is 11.5 Å². The van der Waals surface area contributed by atoms with Crippen LogP contribution in [-0.4, -0.2) is 48.8 Å². The Morgan fingerprint density at radius 1 is 1.17 bits per heavy atom. The molecule has 1 aliphatic rings. The molecule has 7 heteroatoms. The summed E-state index contributed by atoms with van der Waals surface area (Å²) in [5, 5.41) is 0. The number of carbonyl (C=O) groups excluding carboxylic acids is 1. The minimum absolute atomic E-state index is 0.0727. The summed E-state index contributed by atoms with van der Waals surface area (Å²) in [4.78, 5) is 22.6. The lowest BCUT2D eigenvalue weighted by molar-refractivity contribution is -0.121. The molecule has 0 spiro atoms. The fourth-order valence-corrected chi connectivity index (χ4v) is 3.96. The zero-order chi connectivity index (χ0) is 21.1. The lowest BCUT2D eigenvalue weighted by atomic mass is 10.2. The zero-order valence-electron chi connectivity index (χ0n) is 17.4. The van der Waals surface area contributed by atoms with Gasteiger partial charge in [0.05, 0.1) is 19.3 Å². The second-order valence-corrected chi connectivity index (χ2v) is 8.09. The van der Waals surface area contributed by atoms with Crippen molar-refractivity contribution < 1.29 is 13.9 Å². The standard InChI is InChI=1S/C23H25N3O3S/c1-16-21(24-23(29-16)17-7-9-20(30-3)10-8-17)14-25-11-12-26(22(27)15-25)18-5-4-6-19(13-18)28-2/h4-10,13H,11-12,14-15H2,1-3H3. The van der Waals surface area contributed by atoms with Crippen LogP contribution in [-0.2, 0) is 11.3 Å². The lowest BCUT2D eigenvalue weighted by Gasteiger charge is -2.34. The quantitative estimate of drug-likeness (QED) is 0.553. The number of piperazine rings is 1. The fourth-order valence-electron chi connectivity index (χ4n) is 3.55. The molecule has 2 heterocycles. The maximum atomic E-state index is 12.8. The Morgan fingerprint density at radius 3 is 2.67 bits per heavy atom. The van der Waals surface area contributed by atoms with Crippen LogP contribution >= 0.6 is 11.8 Å². The van der Waals surface area contributed by atoms with Crippen molar-refractivity contribution in [1.82, 2.24) is 9.88 Å². The molecule has 0 aliphatic carbocycles. The Kier molecular flexibility index (Phi) is 6.11. The van der Waals surface area contributed by atoms with E-state index in [2.05, 4.69) is 23.3 Å². The average molecular weight is 424 g/mol. The van der Waals surface area contributed by atoms with Gasteiger partial charge >= 0.3 is 0 Å². The van der Waals surface area contributed by atoms with Crippen molar-refractivity contribution in [2.75, 3.05) is 37.9 Å². The summed E-state index contributed by atoms with van der Waals surface area (Å²) in [6.07, 6.45) is 2.05. The number of hydrogen-bond donors (Lipinski definition) is 0. The molecule has 2 aromatic carbocycles. The highest BCUT2D eigenvalue weighted by Crippen LogP contribution is 2.26. The molecule has 3 aromatic rings. The first-order chi connectivity index (χ1) is 14.6. The summed E-state index contributed by atoms with van der Waals surface area (Å²) in [5.41, 5.74) is 2.70. The minimum atomic E-state index is 0.0727. The summed E-state index contributed by atoms with van der Waals surface area (Å²) in [5.74, 6) is 2.24. The van der Waals surface area contributed by atoms with Gasteiger partial charge in [0, 0.05) is 41.8 Å². The topological polar surface area (TPSA) is 58.8 Å². The van der Waals surface area contributed by atoms with Gasteiger partial charge in [0.25, 0.3) is 0 Å². The van der Waals surface area contributed by atoms with E-state index in [1.54, 1.807) is 18.9 Å². The number of aryl methyl sites for hydroxylation is 1. The molecular weight excluding hydrogens is 398 g/mol. The molecule has 4 rings (SSSR count). The molecule has 1 aliphatic heterocycles. The van der Waals surface area contributed by atoms with Crippen molar-refractivity contribution >= 4 is 23.4 Å². The normalized spacial score (nSPS) is 14.9. The number of methoxy groups -OCH3 is 1. The molecular formula is C23H25N3O3S. The monoisotopic (exact) mass is 423 g/mol. The maximum absolute atomic E-state index is 12.8. The average Bonchev–Trinajstić information content (AvgIpc) is 3.14. The minimum Gasteiger partial charge on any atom is -0.497 e. The van der Waals surface area contributed by atoms with Crippen molar-refractivity contribution in [1.29, 1.82) is 0 Å². The van der Waals surface area contributed by atoms with Crippen LogP contribution in [0.25, 0.3) is 11.5 Å². The van der Waals surface area contributed by atoms with Crippen LogP contribution in [0.4, 0.5) is 5.69 Å². The second kappa shape index (κ2) is 8.93. The Labute approximate surface area is 180 Å². The molecule has 0 N–H and O–H groups in total. The predicted molar refractivity (Wildman–Crippen MR) is 119 cm³/mol. The van der Waals surface area contributed by atoms with E-state index in [9.17, 15) is 4.79 Å². The molecule has 1 saturated heterocycles. The number of rotatable bonds is 6. The van der Waals surface area contributed by atoms with Crippen LogP contribution in [0.2, 0.25) is 0 Å². The number of ether oxygens (including phenoxy) is 1. The third kappa shape index (κ3) is 4.37. The highest BCUT2D eigenvalue weighted by Gasteiger charge is 2.26. The number of oxazole rings is 1. The van der Waals surface area contributed by atoms with Gasteiger partial charge in [-0.15, -0.1) is 11.8 Å². The Balaban J connectivity index is 1.43. The first-order valence-corrected chi connectivity index (χ1v) is 11.1. The third-order valence-corrected chi connectivity index (χ3v) is 6.01. The van der Waals surface area contributed by atoms with E-state index in [4.69, 9.17) is 14.1 Å². The maximum Gasteiger partial charge on any atom is 0.241 e. The van der Waals surface area contributed by atoms with E-state index in [1.165, 1.54) is 4.90 Å². The zero-order valence-corrected chi connectivity index (χ0v) is 18.2. The number of amides is 1. The van der Waals surface area contributed by atoms with E-state index < -0.39 is 0 Å². The van der Waals surface area contributed by atoms with Crippen molar-refractivity contribution in [3.05, 3.63) is 60.0 Å². The molecule has 0 unspecified atom stereocenters. The number of nitrogens with zero attached hydrogens (tertiary/aromatic N) is 3. The van der Waals surface area contributed by atoms with Gasteiger partial charge in [0.15, 0.2) is 0 Å². The van der Waals surface area contributed by atoms with E-state index >= 15 is 0 Å². The highest BCUT2D eigenvalue weighted by molar-refractivity contribution is 7.98. The highest BCUT2D eigenvalue weighted by atomic mass is 32.2. The number of hydrogen-bond acceptors (Lipinski definition) is 6. The van der Waals surface area contributed by atoms with Crippen LogP contribution in [0.3, 0.4) is 0 Å². The van der Waals surface area contributed by atoms with Gasteiger partial charge < -0.3 is 14.1 Å². The van der Waals surface area contributed by atoms with E-state index in [1.807, 2.05) is 48.2 Å². The summed E-state index contributed by atoms with van der Waals surface area (Å²) in [6, 6.07) is 15.8. The molecule has 1 amide bonds. The summed E-state index contributed by atoms with van der Waals surface area (Å²) in [7, 11) is 1.63. The van der Waals surface area contributed by atoms with E-state index in [0.717, 1.165) is 35.0 Å². The van der Waals surface area contributed by atoms with Gasteiger partial charge in [0.2, 0.25) is 11.8 Å². The van der Waals surface area contributed by atoms with E-state index in [-0.39, 0.29) is 5.91 Å². The van der Waals surface area contributed by atoms with Crippen molar-refractivity contribution in [2.24, 2.45) is 0 Å². The van der Waals surface area contributed by atoms with Crippen LogP contribution < -0.4 is 9.64 Å². The smallest absolute Gasteiger partial charge is 0.241 e. The van der Waals surface area contributed by atoms with E-state index in [0.29, 0.717) is 25.5 Å². The van der Waals surface area contributed by atoms with Gasteiger partial charge in [-0.25, -0.2) is 4.98 Å². The first kappa shape index (κ1) is 20.5. The molecule has 30 heavy (non-hydrogen) atoms. The number of anilines is 1. The molecule has 0 saturated carbocycles. The van der Waals surface area contributed by atoms with Crippen molar-refractivity contribution in [3.63, 3.8) is 0 Å². The molecule has 0 bridgehead atoms. The summed E-state index contributed by atoms with van der Waals surface area (Å²) >= 11 is 1.70. The largest absolute Gasteiger partial charge is 0.497 e. The van der Waals surface area contributed by atoms with Gasteiger partial charge in [-0.05, 0) is 49.6 Å². The number of benzene rings is 2. The van der Waals surface area contributed by atoms with Crippen LogP contribution in [0, 0.1) is 6.92 Å². The molecule has 156 valence electrons. The Morgan fingerprint density at radius 2 is 1.97 bits per heavy atom. The van der Waals surface area contributed by atoms with Gasteiger partial charge in [-0.1, -0.05) is 6.07 Å². The molecule has 0 radical (unpaired) electrons. The Bertz CT molecular complexity index is 1030. The van der Waals surface area contributed by atoms with Crippen LogP contribution in [0.5, 0.6) is 5.75 Å². The second-order valence-electron chi connectivity index (χ2n) is 7.21. The number of thioether (sulfide) groups is 1. The van der Waals surface area contributed by atoms with Crippen molar-refractivity contribution in [3.8, 4) is 17.2 Å². The number of aromatic nitrogens is 1. The SMILES string of the molecule is COc1cccc(N2CCN(Cc3nc(-c4ccc(SC)cc4)oc3C)CC2=O)c1. The predicted octanol–water partition coefficient (Wildman–Crippen LogP) is 4.23.